The van der Waals surface area contributed by atoms with Crippen LogP contribution in [0.3, 0.4) is 0 Å². The fourth-order valence-corrected chi connectivity index (χ4v) is 2.74. The predicted molar refractivity (Wildman–Crippen MR) is 70.6 cm³/mol. The summed E-state index contributed by atoms with van der Waals surface area (Å²) in [6, 6.07) is 0. The Bertz CT molecular complexity index is 230. The molecule has 0 aromatic rings. The van der Waals surface area contributed by atoms with Crippen LogP contribution in [0.2, 0.25) is 0 Å². The third kappa shape index (κ3) is 5.21. The molecule has 0 saturated carbocycles. The first-order valence-corrected chi connectivity index (χ1v) is 7.18. The van der Waals surface area contributed by atoms with E-state index in [2.05, 4.69) is 6.92 Å². The Morgan fingerprint density at radius 1 is 1.44 bits per heavy atom. The Kier molecular flexibility index (Phi) is 5.12. The molecule has 16 heavy (non-hydrogen) atoms. The van der Waals surface area contributed by atoms with Gasteiger partial charge in [-0.1, -0.05) is 6.92 Å². The van der Waals surface area contributed by atoms with Crippen molar-refractivity contribution < 1.29 is 4.79 Å². The highest BCUT2D eigenvalue weighted by Gasteiger charge is 2.20. The lowest BCUT2D eigenvalue weighted by Gasteiger charge is -2.30. The zero-order valence-electron chi connectivity index (χ0n) is 10.7. The van der Waals surface area contributed by atoms with Gasteiger partial charge in [0.2, 0.25) is 5.91 Å². The smallest absolute Gasteiger partial charge is 0.232 e. The van der Waals surface area contributed by atoms with E-state index < -0.39 is 0 Å². The van der Waals surface area contributed by atoms with Crippen LogP contribution >= 0.6 is 11.8 Å². The molecule has 94 valence electrons. The molecule has 0 unspecified atom stereocenters. The van der Waals surface area contributed by atoms with Gasteiger partial charge < -0.3 is 10.6 Å². The second-order valence-electron chi connectivity index (χ2n) is 5.54. The van der Waals surface area contributed by atoms with Gasteiger partial charge in [0.25, 0.3) is 0 Å². The van der Waals surface area contributed by atoms with Gasteiger partial charge in [0.1, 0.15) is 0 Å². The molecule has 1 saturated heterocycles. The van der Waals surface area contributed by atoms with Crippen LogP contribution in [0.4, 0.5) is 0 Å². The summed E-state index contributed by atoms with van der Waals surface area (Å²) in [6.45, 7) is 8.12. The number of rotatable bonds is 4. The molecule has 0 radical (unpaired) electrons. The van der Waals surface area contributed by atoms with Crippen LogP contribution in [0.25, 0.3) is 0 Å². The highest BCUT2D eigenvalue weighted by atomic mass is 32.2. The Balaban J connectivity index is 2.20. The third-order valence-electron chi connectivity index (χ3n) is 2.84. The van der Waals surface area contributed by atoms with Gasteiger partial charge in [-0.3, -0.25) is 4.79 Å². The molecule has 2 N–H and O–H groups in total. The molecular weight excluding hydrogens is 220 g/mol. The summed E-state index contributed by atoms with van der Waals surface area (Å²) < 4.78 is 0. The lowest BCUT2D eigenvalue weighted by Crippen LogP contribution is -2.40. The first kappa shape index (κ1) is 13.8. The molecule has 0 aromatic heterocycles. The van der Waals surface area contributed by atoms with Gasteiger partial charge in [-0.25, -0.2) is 0 Å². The van der Waals surface area contributed by atoms with E-state index in [4.69, 9.17) is 5.73 Å². The molecular formula is C12H24N2OS. The molecule has 0 bridgehead atoms. The minimum atomic E-state index is -0.179. The van der Waals surface area contributed by atoms with Crippen LogP contribution in [0.1, 0.15) is 33.6 Å². The molecule has 1 heterocycles. The Hall–Kier alpha value is -0.220. The first-order chi connectivity index (χ1) is 7.38. The number of amides is 1. The normalized spacial score (nSPS) is 18.9. The summed E-state index contributed by atoms with van der Waals surface area (Å²) in [5.41, 5.74) is 5.69. The van der Waals surface area contributed by atoms with Crippen molar-refractivity contribution in [2.24, 2.45) is 11.7 Å². The van der Waals surface area contributed by atoms with Gasteiger partial charge >= 0.3 is 0 Å². The van der Waals surface area contributed by atoms with E-state index in [1.54, 1.807) is 11.8 Å². The first-order valence-electron chi connectivity index (χ1n) is 6.03. The molecule has 4 heteroatoms. The summed E-state index contributed by atoms with van der Waals surface area (Å²) in [5.74, 6) is 2.47. The number of carbonyl (C=O) groups excluding carboxylic acids is 1. The van der Waals surface area contributed by atoms with Crippen molar-refractivity contribution >= 4 is 17.7 Å². The van der Waals surface area contributed by atoms with E-state index >= 15 is 0 Å². The molecule has 3 nitrogen and oxygen atoms in total. The lowest BCUT2D eigenvalue weighted by molar-refractivity contribution is -0.129. The van der Waals surface area contributed by atoms with Crippen LogP contribution in [0, 0.1) is 5.92 Å². The van der Waals surface area contributed by atoms with E-state index in [1.165, 1.54) is 0 Å². The maximum Gasteiger partial charge on any atom is 0.232 e. The number of carbonyl (C=O) groups is 1. The van der Waals surface area contributed by atoms with Crippen LogP contribution in [0.5, 0.6) is 0 Å². The van der Waals surface area contributed by atoms with Crippen LogP contribution in [-0.2, 0) is 4.79 Å². The molecule has 1 fully saturated rings. The highest BCUT2D eigenvalue weighted by Crippen LogP contribution is 2.17. The van der Waals surface area contributed by atoms with E-state index in [0.29, 0.717) is 5.75 Å². The van der Waals surface area contributed by atoms with Crippen molar-refractivity contribution in [3.05, 3.63) is 0 Å². The van der Waals surface area contributed by atoms with E-state index in [1.807, 2.05) is 18.7 Å². The number of nitrogens with two attached hydrogens (primary N) is 1. The van der Waals surface area contributed by atoms with Crippen molar-refractivity contribution in [2.75, 3.05) is 24.6 Å². The maximum absolute atomic E-state index is 11.9. The average molecular weight is 244 g/mol. The molecule has 0 aromatic carbocycles. The maximum atomic E-state index is 11.9. The van der Waals surface area contributed by atoms with Crippen molar-refractivity contribution in [1.29, 1.82) is 0 Å². The monoisotopic (exact) mass is 244 g/mol. The minimum absolute atomic E-state index is 0.179. The summed E-state index contributed by atoms with van der Waals surface area (Å²) in [5, 5.41) is 0. The van der Waals surface area contributed by atoms with E-state index in [-0.39, 0.29) is 11.4 Å². The molecule has 1 amide bonds. The number of hydrogen-bond acceptors (Lipinski definition) is 3. The van der Waals surface area contributed by atoms with Gasteiger partial charge in [0.15, 0.2) is 0 Å². The predicted octanol–water partition coefficient (Wildman–Crippen LogP) is 1.72. The summed E-state index contributed by atoms with van der Waals surface area (Å²) in [7, 11) is 0. The fraction of sp³-hybridized carbons (Fsp3) is 0.917. The molecule has 0 aliphatic carbocycles. The van der Waals surface area contributed by atoms with Gasteiger partial charge in [0, 0.05) is 24.4 Å². The third-order valence-corrected chi connectivity index (χ3v) is 4.24. The van der Waals surface area contributed by atoms with Crippen molar-refractivity contribution in [2.45, 2.75) is 39.2 Å². The molecule has 1 aliphatic heterocycles. The largest absolute Gasteiger partial charge is 0.342 e. The quantitative estimate of drug-likeness (QED) is 0.819. The van der Waals surface area contributed by atoms with Crippen LogP contribution in [-0.4, -0.2) is 40.9 Å². The molecule has 0 spiro atoms. The average Bonchev–Trinajstić information content (AvgIpc) is 2.16. The zero-order valence-corrected chi connectivity index (χ0v) is 11.5. The fourth-order valence-electron chi connectivity index (χ4n) is 1.75. The van der Waals surface area contributed by atoms with Gasteiger partial charge in [-0.15, -0.1) is 0 Å². The van der Waals surface area contributed by atoms with Crippen molar-refractivity contribution in [1.82, 2.24) is 4.90 Å². The summed E-state index contributed by atoms with van der Waals surface area (Å²) >= 11 is 1.65. The van der Waals surface area contributed by atoms with Gasteiger partial charge in [-0.2, -0.15) is 11.8 Å². The summed E-state index contributed by atoms with van der Waals surface area (Å²) in [4.78, 5) is 13.9. The second-order valence-corrected chi connectivity index (χ2v) is 6.53. The lowest BCUT2D eigenvalue weighted by atomic mass is 9.99. The van der Waals surface area contributed by atoms with E-state index in [9.17, 15) is 4.79 Å². The SMILES string of the molecule is CC1CCN(C(=O)CSCC(C)(C)N)CC1. The number of hydrogen-bond donors (Lipinski definition) is 1. The number of thioether (sulfide) groups is 1. The van der Waals surface area contributed by atoms with Gasteiger partial charge in [0.05, 0.1) is 5.75 Å². The summed E-state index contributed by atoms with van der Waals surface area (Å²) in [6.07, 6.45) is 2.30. The molecule has 1 aliphatic rings. The van der Waals surface area contributed by atoms with E-state index in [0.717, 1.165) is 37.6 Å². The Morgan fingerprint density at radius 3 is 2.50 bits per heavy atom. The molecule has 1 rings (SSSR count). The zero-order chi connectivity index (χ0) is 12.2. The van der Waals surface area contributed by atoms with Crippen LogP contribution in [0.15, 0.2) is 0 Å². The number of piperidine rings is 1. The Labute approximate surface area is 103 Å². The van der Waals surface area contributed by atoms with Crippen molar-refractivity contribution in [3.63, 3.8) is 0 Å². The number of nitrogens with zero attached hydrogens (tertiary/aromatic N) is 1. The van der Waals surface area contributed by atoms with Crippen molar-refractivity contribution in [3.8, 4) is 0 Å². The number of likely N-dealkylation sites (tertiary alicyclic amines) is 1. The highest BCUT2D eigenvalue weighted by molar-refractivity contribution is 8.00. The van der Waals surface area contributed by atoms with Gasteiger partial charge in [-0.05, 0) is 32.6 Å². The Morgan fingerprint density at radius 2 is 2.00 bits per heavy atom. The second kappa shape index (κ2) is 5.92. The standard InChI is InChI=1S/C12H24N2OS/c1-10-4-6-14(7-5-10)11(15)8-16-9-12(2,3)13/h10H,4-9,13H2,1-3H3. The van der Waals surface area contributed by atoms with Crippen LogP contribution < -0.4 is 5.73 Å². The minimum Gasteiger partial charge on any atom is -0.342 e. The topological polar surface area (TPSA) is 46.3 Å². The molecule has 0 atom stereocenters.